The number of nitrogen functional groups attached to an aromatic ring is 1. The van der Waals surface area contributed by atoms with E-state index in [0.717, 1.165) is 22.9 Å². The maximum absolute atomic E-state index is 12.5. The summed E-state index contributed by atoms with van der Waals surface area (Å²) in [5, 5.41) is 18.2. The highest BCUT2D eigenvalue weighted by molar-refractivity contribution is 7.89. The molecule has 0 spiro atoms. The lowest BCUT2D eigenvalue weighted by Crippen LogP contribution is -2.12. The lowest BCUT2D eigenvalue weighted by atomic mass is 9.92. The van der Waals surface area contributed by atoms with Gasteiger partial charge in [0.2, 0.25) is 10.0 Å². The van der Waals surface area contributed by atoms with Gasteiger partial charge in [0.25, 0.3) is 0 Å². The predicted octanol–water partition coefficient (Wildman–Crippen LogP) is 3.70. The summed E-state index contributed by atoms with van der Waals surface area (Å²) in [4.78, 5) is 12.0. The van der Waals surface area contributed by atoms with Crippen molar-refractivity contribution in [1.29, 1.82) is 5.41 Å². The first-order valence-corrected chi connectivity index (χ1v) is 12.1. The molecule has 3 aromatic carbocycles. The number of nitrogens with two attached hydrogens (primary N) is 1. The number of ether oxygens (including phenoxy) is 1. The highest BCUT2D eigenvalue weighted by atomic mass is 32.2. The monoisotopic (exact) mass is 477 g/mol. The van der Waals surface area contributed by atoms with Crippen LogP contribution in [0.1, 0.15) is 27.0 Å². The van der Waals surface area contributed by atoms with Crippen LogP contribution in [0.25, 0.3) is 22.0 Å². The SMILES string of the molecule is COc1ccc(-c2ccccc2Cc2cn(S(C)(=O)=O)c3cc(C(=N)N)ccc23)c(C(=O)O)c1. The molecule has 0 saturated carbocycles. The topological polar surface area (TPSA) is 135 Å². The number of aromatic nitrogens is 1. The molecule has 4 aromatic rings. The molecule has 174 valence electrons. The molecule has 1 aromatic heterocycles. The van der Waals surface area contributed by atoms with E-state index < -0.39 is 16.0 Å². The van der Waals surface area contributed by atoms with Crippen molar-refractivity contribution < 1.29 is 23.1 Å². The zero-order valence-corrected chi connectivity index (χ0v) is 19.4. The molecule has 4 rings (SSSR count). The van der Waals surface area contributed by atoms with E-state index in [2.05, 4.69) is 0 Å². The normalized spacial score (nSPS) is 11.5. The molecule has 0 aliphatic heterocycles. The van der Waals surface area contributed by atoms with Crippen LogP contribution in [-0.2, 0) is 16.4 Å². The van der Waals surface area contributed by atoms with Gasteiger partial charge < -0.3 is 15.6 Å². The van der Waals surface area contributed by atoms with Gasteiger partial charge in [-0.05, 0) is 46.5 Å². The lowest BCUT2D eigenvalue weighted by molar-refractivity contribution is 0.0697. The molecule has 0 amide bonds. The summed E-state index contributed by atoms with van der Waals surface area (Å²) in [5.74, 6) is -0.791. The summed E-state index contributed by atoms with van der Waals surface area (Å²) in [6, 6.07) is 17.3. The third-order valence-corrected chi connectivity index (χ3v) is 6.68. The molecular weight excluding hydrogens is 454 g/mol. The van der Waals surface area contributed by atoms with Gasteiger partial charge in [0.15, 0.2) is 0 Å². The smallest absolute Gasteiger partial charge is 0.336 e. The number of nitrogens with one attached hydrogen (secondary N) is 1. The number of methoxy groups -OCH3 is 1. The third kappa shape index (κ3) is 4.25. The molecule has 0 saturated heterocycles. The summed E-state index contributed by atoms with van der Waals surface area (Å²) >= 11 is 0. The molecule has 0 fully saturated rings. The molecule has 1 heterocycles. The lowest BCUT2D eigenvalue weighted by Gasteiger charge is -2.13. The molecule has 4 N–H and O–H groups in total. The first-order valence-electron chi connectivity index (χ1n) is 10.3. The average Bonchev–Trinajstić information content (AvgIpc) is 3.17. The molecule has 0 bridgehead atoms. The number of hydrogen-bond acceptors (Lipinski definition) is 5. The zero-order chi connectivity index (χ0) is 24.6. The van der Waals surface area contributed by atoms with Crippen molar-refractivity contribution in [2.24, 2.45) is 5.73 Å². The molecule has 8 nitrogen and oxygen atoms in total. The second-order valence-electron chi connectivity index (χ2n) is 7.91. The van der Waals surface area contributed by atoms with Gasteiger partial charge in [-0.1, -0.05) is 36.4 Å². The fraction of sp³-hybridized carbons (Fsp3) is 0.120. The molecular formula is C25H23N3O5S. The Hall–Kier alpha value is -4.11. The highest BCUT2D eigenvalue weighted by Gasteiger charge is 2.19. The van der Waals surface area contributed by atoms with E-state index in [0.29, 0.717) is 34.2 Å². The van der Waals surface area contributed by atoms with Crippen molar-refractivity contribution in [3.8, 4) is 16.9 Å². The largest absolute Gasteiger partial charge is 0.497 e. The highest BCUT2D eigenvalue weighted by Crippen LogP contribution is 2.33. The van der Waals surface area contributed by atoms with Crippen LogP contribution < -0.4 is 10.5 Å². The second-order valence-corrected chi connectivity index (χ2v) is 9.77. The number of hydrogen-bond donors (Lipinski definition) is 3. The zero-order valence-electron chi connectivity index (χ0n) is 18.6. The minimum atomic E-state index is -3.62. The van der Waals surface area contributed by atoms with Gasteiger partial charge in [-0.25, -0.2) is 17.2 Å². The van der Waals surface area contributed by atoms with E-state index in [9.17, 15) is 18.3 Å². The van der Waals surface area contributed by atoms with Crippen LogP contribution in [0.5, 0.6) is 5.75 Å². The first kappa shape index (κ1) is 23.1. The van der Waals surface area contributed by atoms with Crippen molar-refractivity contribution in [1.82, 2.24) is 3.97 Å². The van der Waals surface area contributed by atoms with Gasteiger partial charge in [0, 0.05) is 23.6 Å². The first-order chi connectivity index (χ1) is 16.1. The Morgan fingerprint density at radius 2 is 1.79 bits per heavy atom. The molecule has 0 atom stereocenters. The van der Waals surface area contributed by atoms with Crippen molar-refractivity contribution in [2.45, 2.75) is 6.42 Å². The van der Waals surface area contributed by atoms with Crippen LogP contribution in [0.2, 0.25) is 0 Å². The molecule has 0 unspecified atom stereocenters. The summed E-state index contributed by atoms with van der Waals surface area (Å²) in [5.41, 5.74) is 9.40. The van der Waals surface area contributed by atoms with E-state index in [4.69, 9.17) is 15.9 Å². The van der Waals surface area contributed by atoms with Gasteiger partial charge in [-0.15, -0.1) is 0 Å². The molecule has 0 aliphatic carbocycles. The van der Waals surface area contributed by atoms with Crippen molar-refractivity contribution in [3.63, 3.8) is 0 Å². The van der Waals surface area contributed by atoms with E-state index in [1.54, 1.807) is 36.5 Å². The van der Waals surface area contributed by atoms with Gasteiger partial charge in [-0.3, -0.25) is 5.41 Å². The number of carbonyl (C=O) groups is 1. The van der Waals surface area contributed by atoms with Gasteiger partial charge in [0.1, 0.15) is 11.6 Å². The average molecular weight is 478 g/mol. The van der Waals surface area contributed by atoms with E-state index in [1.165, 1.54) is 17.1 Å². The molecule has 0 radical (unpaired) electrons. The maximum Gasteiger partial charge on any atom is 0.336 e. The summed E-state index contributed by atoms with van der Waals surface area (Å²) in [7, 11) is -2.14. The van der Waals surface area contributed by atoms with E-state index in [1.807, 2.05) is 24.3 Å². The number of amidine groups is 1. The van der Waals surface area contributed by atoms with Crippen LogP contribution in [0.3, 0.4) is 0 Å². The van der Waals surface area contributed by atoms with E-state index >= 15 is 0 Å². The van der Waals surface area contributed by atoms with Crippen LogP contribution in [0.15, 0.2) is 66.9 Å². The van der Waals surface area contributed by atoms with Crippen molar-refractivity contribution in [2.75, 3.05) is 13.4 Å². The summed E-state index contributed by atoms with van der Waals surface area (Å²) in [6.07, 6.45) is 3.04. The summed E-state index contributed by atoms with van der Waals surface area (Å²) < 4.78 is 31.3. The van der Waals surface area contributed by atoms with Crippen LogP contribution in [-0.4, -0.2) is 42.7 Å². The van der Waals surface area contributed by atoms with Gasteiger partial charge in [-0.2, -0.15) is 0 Å². The van der Waals surface area contributed by atoms with Crippen LogP contribution in [0.4, 0.5) is 0 Å². The Kier molecular flexibility index (Phi) is 5.89. The van der Waals surface area contributed by atoms with Crippen molar-refractivity contribution >= 4 is 32.7 Å². The molecule has 9 heteroatoms. The number of carboxylic acids is 1. The Labute approximate surface area is 196 Å². The predicted molar refractivity (Wildman–Crippen MR) is 131 cm³/mol. The number of benzene rings is 3. The van der Waals surface area contributed by atoms with E-state index in [-0.39, 0.29) is 11.4 Å². The van der Waals surface area contributed by atoms with Crippen LogP contribution in [0, 0.1) is 5.41 Å². The van der Waals surface area contributed by atoms with Crippen molar-refractivity contribution in [3.05, 3.63) is 89.1 Å². The standard InChI is InChI=1S/C25H23N3O5S/c1-33-18-8-10-21(22(13-18)25(29)30)19-6-4-3-5-15(19)11-17-14-28(34(2,31)32)23-12-16(24(26)27)7-9-20(17)23/h3-10,12-14H,11H2,1-2H3,(H3,26,27)(H,29,30). The Balaban J connectivity index is 1.89. The minimum absolute atomic E-state index is 0.108. The summed E-state index contributed by atoms with van der Waals surface area (Å²) in [6.45, 7) is 0. The van der Waals surface area contributed by atoms with Crippen LogP contribution >= 0.6 is 0 Å². The Morgan fingerprint density at radius 3 is 2.44 bits per heavy atom. The molecule has 0 aliphatic rings. The number of aromatic carboxylic acids is 1. The van der Waals surface area contributed by atoms with Gasteiger partial charge in [0.05, 0.1) is 24.4 Å². The number of nitrogens with zero attached hydrogens (tertiary/aromatic N) is 1. The third-order valence-electron chi connectivity index (χ3n) is 5.67. The Morgan fingerprint density at radius 1 is 1.06 bits per heavy atom. The number of rotatable bonds is 7. The Bertz CT molecular complexity index is 1550. The van der Waals surface area contributed by atoms with Gasteiger partial charge >= 0.3 is 5.97 Å². The quantitative estimate of drug-likeness (QED) is 0.274. The maximum atomic E-state index is 12.5. The number of carboxylic acid groups (broad SMARTS) is 1. The second kappa shape index (κ2) is 8.68. The minimum Gasteiger partial charge on any atom is -0.497 e. The number of fused-ring (bicyclic) bond motifs is 1. The molecule has 34 heavy (non-hydrogen) atoms. The fourth-order valence-electron chi connectivity index (χ4n) is 4.05. The fourth-order valence-corrected chi connectivity index (χ4v) is 4.88.